The fraction of sp³-hybridized carbons (Fsp3) is 0. The molecule has 0 atom stereocenters. The Balaban J connectivity index is 0.00000252. The van der Waals surface area contributed by atoms with Crippen LogP contribution in [0.3, 0.4) is 0 Å². The third kappa shape index (κ3) is 14.1. The molecule has 0 spiro atoms. The van der Waals surface area contributed by atoms with Crippen molar-refractivity contribution in [3.63, 3.8) is 0 Å². The number of urea groups is 1. The minimum Gasteiger partial charge on any atom is -0.744 e. The van der Waals surface area contributed by atoms with E-state index in [1.807, 2.05) is 36.4 Å². The number of carbonyl (C=O) groups excluding carboxylic acids is 1. The Morgan fingerprint density at radius 3 is 1.22 bits per heavy atom. The van der Waals surface area contributed by atoms with Crippen molar-refractivity contribution in [2.75, 3.05) is 10.6 Å². The van der Waals surface area contributed by atoms with Crippen molar-refractivity contribution in [3.8, 4) is 0 Å². The summed E-state index contributed by atoms with van der Waals surface area (Å²) in [6, 6.07) is 46.6. The number of rotatable bonds is 12. The van der Waals surface area contributed by atoms with Gasteiger partial charge in [0, 0.05) is 27.8 Å². The molecule has 0 saturated carbocycles. The van der Waals surface area contributed by atoms with E-state index < -0.39 is 36.1 Å². The number of anilines is 2. The molecule has 0 heterocycles. The van der Waals surface area contributed by atoms with E-state index in [1.54, 1.807) is 72.8 Å². The van der Waals surface area contributed by atoms with E-state index >= 15 is 0 Å². The van der Waals surface area contributed by atoms with Gasteiger partial charge in [-0.15, -0.1) is 22.4 Å². The summed E-state index contributed by atoms with van der Waals surface area (Å²) in [4.78, 5) is 11.9. The number of fused-ring (bicyclic) bond motifs is 2. The minimum absolute atomic E-state index is 0. The second-order valence-electron chi connectivity index (χ2n) is 13.5. The average molecular weight is 913 g/mol. The van der Waals surface area contributed by atoms with E-state index in [2.05, 4.69) is 63.7 Å². The van der Waals surface area contributed by atoms with Gasteiger partial charge in [0.25, 0.3) is 0 Å². The summed E-state index contributed by atoms with van der Waals surface area (Å²) < 4.78 is 69.3. The molecule has 316 valence electrons. The predicted octanol–water partition coefficient (Wildman–Crippen LogP) is 0.723. The van der Waals surface area contributed by atoms with Crippen molar-refractivity contribution < 1.29 is 106 Å². The number of hydrogen-bond donors (Lipinski definition) is 2. The molecule has 0 aromatic heterocycles. The van der Waals surface area contributed by atoms with Crippen molar-refractivity contribution in [1.29, 1.82) is 0 Å². The normalized spacial score (nSPS) is 11.6. The molecular weight excluding hydrogens is 884 g/mol. The first-order valence-electron chi connectivity index (χ1n) is 18.8. The summed E-state index contributed by atoms with van der Waals surface area (Å²) >= 11 is 0. The summed E-state index contributed by atoms with van der Waals surface area (Å²) in [6.45, 7) is 0. The number of benzene rings is 8. The van der Waals surface area contributed by atoms with Crippen LogP contribution in [0, 0.1) is 12.1 Å². The summed E-state index contributed by atoms with van der Waals surface area (Å²) in [7, 11) is -9.49. The molecule has 2 amide bonds. The van der Waals surface area contributed by atoms with Crippen LogP contribution in [0.1, 0.15) is 0 Å². The standard InChI is InChI=1S/C45H30N10O7S2.4Li/c56-45(46-29-10-14-32(15-11-29)49-53-42-25-24-41(37-8-4-5-9-38(37)42)52-48-31-6-2-1-3-7-31)47-30-12-16-33(17-13-30)50-54-43-26-27-44(40-28-36(64(60,61)62)22-23-39(40)43)55-51-34-18-20-35(21-19-34)63(57,58)59;;;;/h2-3,5-28H,(H2,46,47,56)(H,57,58,59)(H,60,61,62);;;;/q-2;4*+1/p-2. The van der Waals surface area contributed by atoms with Crippen LogP contribution in [0.4, 0.5) is 61.7 Å². The second-order valence-corrected chi connectivity index (χ2v) is 16.3. The van der Waals surface area contributed by atoms with E-state index in [-0.39, 0.29) is 92.2 Å². The van der Waals surface area contributed by atoms with Gasteiger partial charge in [0.2, 0.25) is 0 Å². The van der Waals surface area contributed by atoms with Crippen molar-refractivity contribution in [2.45, 2.75) is 9.79 Å². The van der Waals surface area contributed by atoms with Crippen LogP contribution >= 0.6 is 0 Å². The van der Waals surface area contributed by atoms with Crippen LogP contribution in [-0.4, -0.2) is 32.0 Å². The molecule has 0 aliphatic carbocycles. The Kier molecular flexibility index (Phi) is 19.7. The van der Waals surface area contributed by atoms with Gasteiger partial charge in [0.05, 0.1) is 43.9 Å². The minimum atomic E-state index is -4.83. The maximum Gasteiger partial charge on any atom is 1.00 e. The molecule has 23 heteroatoms. The van der Waals surface area contributed by atoms with E-state index in [1.165, 1.54) is 24.3 Å². The average Bonchev–Trinajstić information content (AvgIpc) is 3.29. The number of azo groups is 4. The van der Waals surface area contributed by atoms with Crippen LogP contribution in [0.5, 0.6) is 0 Å². The second kappa shape index (κ2) is 24.4. The van der Waals surface area contributed by atoms with Crippen LogP contribution in [0.15, 0.2) is 208 Å². The molecule has 0 radical (unpaired) electrons. The van der Waals surface area contributed by atoms with Crippen molar-refractivity contribution >= 4 is 105 Å². The zero-order valence-corrected chi connectivity index (χ0v) is 38.4. The molecule has 17 nitrogen and oxygen atoms in total. The van der Waals surface area contributed by atoms with Gasteiger partial charge in [0.15, 0.2) is 0 Å². The molecule has 0 fully saturated rings. The van der Waals surface area contributed by atoms with Gasteiger partial charge < -0.3 is 19.7 Å². The van der Waals surface area contributed by atoms with Crippen LogP contribution in [0.2, 0.25) is 0 Å². The molecule has 8 rings (SSSR count). The smallest absolute Gasteiger partial charge is 0.744 e. The third-order valence-corrected chi connectivity index (χ3v) is 10.9. The monoisotopic (exact) mass is 912 g/mol. The fourth-order valence-electron chi connectivity index (χ4n) is 6.09. The van der Waals surface area contributed by atoms with Gasteiger partial charge in [-0.1, -0.05) is 16.8 Å². The molecule has 0 saturated heterocycles. The fourth-order valence-corrected chi connectivity index (χ4v) is 7.06. The van der Waals surface area contributed by atoms with Crippen LogP contribution in [-0.2, 0) is 20.2 Å². The Bertz CT molecular complexity index is 3410. The zero-order chi connectivity index (χ0) is 44.7. The van der Waals surface area contributed by atoms with Crippen LogP contribution in [0.25, 0.3) is 21.5 Å². The van der Waals surface area contributed by atoms with E-state index in [0.717, 1.165) is 35.0 Å². The van der Waals surface area contributed by atoms with E-state index in [4.69, 9.17) is 0 Å². The van der Waals surface area contributed by atoms with Gasteiger partial charge >= 0.3 is 81.5 Å². The Morgan fingerprint density at radius 2 is 0.765 bits per heavy atom. The number of hydrogen-bond acceptors (Lipinski definition) is 15. The summed E-state index contributed by atoms with van der Waals surface area (Å²) in [5, 5.41) is 42.2. The molecule has 0 bridgehead atoms. The first-order chi connectivity index (χ1) is 30.9. The van der Waals surface area contributed by atoms with Crippen LogP contribution < -0.4 is 86.1 Å². The molecule has 0 aliphatic heterocycles. The third-order valence-electron chi connectivity index (χ3n) is 9.21. The number of carbonyl (C=O) groups is 1. The van der Waals surface area contributed by atoms with Crippen molar-refractivity contribution in [3.05, 3.63) is 170 Å². The Morgan fingerprint density at radius 1 is 0.397 bits per heavy atom. The molecule has 2 N–H and O–H groups in total. The molecule has 0 unspecified atom stereocenters. The first-order valence-corrected chi connectivity index (χ1v) is 21.6. The summed E-state index contributed by atoms with van der Waals surface area (Å²) in [6.07, 6.45) is 0. The van der Waals surface area contributed by atoms with Crippen molar-refractivity contribution in [1.82, 2.24) is 0 Å². The number of nitrogens with zero attached hydrogens (tertiary/aromatic N) is 8. The quantitative estimate of drug-likeness (QED) is 0.0768. The van der Waals surface area contributed by atoms with Gasteiger partial charge in [-0.3, -0.25) is 0 Å². The topological polar surface area (TPSA) is 254 Å². The first kappa shape index (κ1) is 54.8. The Hall–Kier alpha value is -5.84. The molecule has 68 heavy (non-hydrogen) atoms. The predicted molar refractivity (Wildman–Crippen MR) is 237 cm³/mol. The maximum absolute atomic E-state index is 12.8. The van der Waals surface area contributed by atoms with Gasteiger partial charge in [-0.25, -0.2) is 21.6 Å². The summed E-state index contributed by atoms with van der Waals surface area (Å²) in [5.74, 6) is 0. The molecular formula is C45H28Li4N10O7S2. The van der Waals surface area contributed by atoms with E-state index in [9.17, 15) is 30.7 Å². The number of nitrogens with one attached hydrogen (secondary N) is 2. The van der Waals surface area contributed by atoms with Gasteiger partial charge in [0.1, 0.15) is 20.2 Å². The van der Waals surface area contributed by atoms with Gasteiger partial charge in [-0.05, 0) is 115 Å². The van der Waals surface area contributed by atoms with Crippen molar-refractivity contribution in [2.24, 2.45) is 40.9 Å². The summed E-state index contributed by atoms with van der Waals surface area (Å²) in [5.41, 5.74) is 4.66. The molecule has 0 aliphatic rings. The van der Waals surface area contributed by atoms with E-state index in [0.29, 0.717) is 50.9 Å². The zero-order valence-electron chi connectivity index (χ0n) is 36.8. The Labute approximate surface area is 438 Å². The molecule has 8 aromatic rings. The largest absolute Gasteiger partial charge is 1.00 e. The molecule has 8 aromatic carbocycles. The SMILES string of the molecule is O=C(Nc1ccc(N=Nc2ccc(N=Nc3cc[c-]cc3)c3c[c-]ccc23)cc1)Nc1ccc(N=Nc2ccc(N=Nc3ccc(S(=O)(=O)[O-])cc3)c3cc(S(=O)(=O)[O-])ccc23)cc1.[Li+].[Li+].[Li+].[Li+]. The maximum atomic E-state index is 12.8. The van der Waals surface area contributed by atoms with Gasteiger partial charge in [-0.2, -0.15) is 73.2 Å². The number of amides is 2.